The molecule has 0 saturated heterocycles. The van der Waals surface area contributed by atoms with Gasteiger partial charge in [0.2, 0.25) is 0 Å². The summed E-state index contributed by atoms with van der Waals surface area (Å²) in [6.07, 6.45) is 0. The van der Waals surface area contributed by atoms with Gasteiger partial charge in [-0.05, 0) is 26.9 Å². The van der Waals surface area contributed by atoms with Gasteiger partial charge < -0.3 is 0 Å². The summed E-state index contributed by atoms with van der Waals surface area (Å²) in [5.74, 6) is 0. The monoisotopic (exact) mass is 186 g/mol. The van der Waals surface area contributed by atoms with Gasteiger partial charge in [0, 0.05) is 8.55 Å². The molecular formula is H11ClSi5. The lowest BCUT2D eigenvalue weighted by Crippen LogP contribution is -2.15. The topological polar surface area (TPSA) is 0 Å². The predicted octanol–water partition coefficient (Wildman–Crippen LogP) is -4.16. The van der Waals surface area contributed by atoms with Crippen molar-refractivity contribution in [1.29, 1.82) is 0 Å². The van der Waals surface area contributed by atoms with Gasteiger partial charge in [0.25, 0.3) is 0 Å². The molecular weight excluding hydrogens is 176 g/mol. The zero-order chi connectivity index (χ0) is 4.83. The van der Waals surface area contributed by atoms with Crippen molar-refractivity contribution in [3.63, 3.8) is 0 Å². The van der Waals surface area contributed by atoms with E-state index in [4.69, 9.17) is 11.1 Å². The van der Waals surface area contributed by atoms with Crippen molar-refractivity contribution in [3.8, 4) is 0 Å². The molecule has 0 bridgehead atoms. The molecule has 0 saturated carbocycles. The first-order valence-electron chi connectivity index (χ1n) is 2.47. The lowest BCUT2D eigenvalue weighted by Gasteiger charge is -1.80. The molecule has 0 aliphatic rings. The fourth-order valence-corrected chi connectivity index (χ4v) is 83.7. The molecule has 0 aromatic carbocycles. The second-order valence-electron chi connectivity index (χ2n) is 1.40. The summed E-state index contributed by atoms with van der Waals surface area (Å²) < 4.78 is 0. The van der Waals surface area contributed by atoms with Crippen molar-refractivity contribution < 1.29 is 0 Å². The van der Waals surface area contributed by atoms with E-state index in [1.165, 1.54) is 0 Å². The maximum Gasteiger partial charge on any atom is 0.106 e. The molecule has 0 spiro atoms. The largest absolute Gasteiger partial charge is 0.181 e. The van der Waals surface area contributed by atoms with Crippen LogP contribution in [0.5, 0.6) is 0 Å². The minimum Gasteiger partial charge on any atom is -0.181 e. The Hall–Kier alpha value is 1.37. The zero-order valence-corrected chi connectivity index (χ0v) is 12.6. The SMILES string of the molecule is [SiH3][SiH2][SiH2][SiH2][SiH2]Cl. The highest BCUT2D eigenvalue weighted by Crippen LogP contribution is 1.59. The van der Waals surface area contributed by atoms with E-state index >= 15 is 0 Å². The summed E-state index contributed by atoms with van der Waals surface area (Å²) >= 11 is 5.65. The second-order valence-corrected chi connectivity index (χ2v) is 37.7. The lowest BCUT2D eigenvalue weighted by atomic mass is 26.3. The van der Waals surface area contributed by atoms with Gasteiger partial charge in [-0.3, -0.25) is 0 Å². The van der Waals surface area contributed by atoms with Crippen molar-refractivity contribution in [2.24, 2.45) is 0 Å². The number of hydrogen-bond acceptors (Lipinski definition) is 0. The van der Waals surface area contributed by atoms with Gasteiger partial charge in [0.15, 0.2) is 0 Å². The normalized spacial score (nSPS) is 17.5. The first-order valence-corrected chi connectivity index (χ1v) is 22.3. The summed E-state index contributed by atoms with van der Waals surface area (Å²) in [6.45, 7) is 0. The fraction of sp³-hybridized carbons (Fsp3) is 0. The third-order valence-electron chi connectivity index (χ3n) is 0.737. The van der Waals surface area contributed by atoms with Crippen molar-refractivity contribution in [2.75, 3.05) is 0 Å². The van der Waals surface area contributed by atoms with Gasteiger partial charge in [0.05, 0.1) is 0 Å². The van der Waals surface area contributed by atoms with Crippen LogP contribution < -0.4 is 0 Å². The highest BCUT2D eigenvalue weighted by Gasteiger charge is 1.81. The number of halogens is 1. The van der Waals surface area contributed by atoms with Crippen molar-refractivity contribution in [2.45, 2.75) is 0 Å². The summed E-state index contributed by atoms with van der Waals surface area (Å²) in [5, 5.41) is 0. The van der Waals surface area contributed by atoms with Crippen LogP contribution in [0.3, 0.4) is 0 Å². The molecule has 6 heavy (non-hydrogen) atoms. The molecule has 0 radical (unpaired) electrons. The van der Waals surface area contributed by atoms with Crippen LogP contribution in [0.25, 0.3) is 0 Å². The van der Waals surface area contributed by atoms with Gasteiger partial charge in [-0.1, -0.05) is 0 Å². The van der Waals surface area contributed by atoms with E-state index in [-0.39, 0.29) is 8.35 Å². The standard InChI is InChI=1S/ClH11Si5/c1-3-5-6-4-2/h3-6H2,2H3. The summed E-state index contributed by atoms with van der Waals surface area (Å²) in [6, 6.07) is 0. The van der Waals surface area contributed by atoms with Crippen LogP contribution in [0.4, 0.5) is 0 Å². The van der Waals surface area contributed by atoms with Gasteiger partial charge in [-0.15, -0.1) is 0 Å². The number of hydrogen-bond donors (Lipinski definition) is 0. The Kier molecular flexibility index (Phi) is 7.83. The van der Waals surface area contributed by atoms with Crippen LogP contribution in [-0.4, -0.2) is 43.8 Å². The van der Waals surface area contributed by atoms with E-state index in [9.17, 15) is 0 Å². The molecule has 0 aromatic rings. The second kappa shape index (κ2) is 6.37. The Morgan fingerprint density at radius 1 is 1.33 bits per heavy atom. The van der Waals surface area contributed by atoms with E-state index in [1.54, 1.807) is 9.76 Å². The molecule has 0 aromatic heterocycles. The van der Waals surface area contributed by atoms with E-state index in [1.807, 2.05) is 0 Å². The third kappa shape index (κ3) is 5.37. The van der Waals surface area contributed by atoms with Gasteiger partial charge >= 0.3 is 0 Å². The molecule has 0 amide bonds. The first-order chi connectivity index (χ1) is 2.91. The third-order valence-corrected chi connectivity index (χ3v) is 59.7. The van der Waals surface area contributed by atoms with Crippen LogP contribution in [0.2, 0.25) is 0 Å². The minimum atomic E-state index is 0.133. The van der Waals surface area contributed by atoms with Crippen LogP contribution >= 0.6 is 11.1 Å². The molecule has 0 N–H and O–H groups in total. The zero-order valence-electron chi connectivity index (χ0n) is 4.21. The van der Waals surface area contributed by atoms with Crippen molar-refractivity contribution in [1.82, 2.24) is 0 Å². The Labute approximate surface area is 55.0 Å². The van der Waals surface area contributed by atoms with Gasteiger partial charge in [0.1, 0.15) is 8.35 Å². The molecule has 0 unspecified atom stereocenters. The maximum atomic E-state index is 5.65. The fourth-order valence-electron chi connectivity index (χ4n) is 0.344. The van der Waals surface area contributed by atoms with Crippen molar-refractivity contribution >= 4 is 54.8 Å². The van der Waals surface area contributed by atoms with E-state index < -0.39 is 0 Å². The molecule has 0 fully saturated rings. The van der Waals surface area contributed by atoms with E-state index in [2.05, 4.69) is 0 Å². The molecule has 0 rings (SSSR count). The Balaban J connectivity index is 2.34. The highest BCUT2D eigenvalue weighted by atomic mass is 35.6. The highest BCUT2D eigenvalue weighted by molar-refractivity contribution is 7.56. The quantitative estimate of drug-likeness (QED) is 0.239. The average molecular weight is 187 g/mol. The Morgan fingerprint density at radius 2 is 2.00 bits per heavy atom. The molecule has 0 heterocycles. The molecule has 38 valence electrons. The van der Waals surface area contributed by atoms with Crippen LogP contribution in [-0.2, 0) is 0 Å². The van der Waals surface area contributed by atoms with Crippen LogP contribution in [0, 0.1) is 0 Å². The summed E-state index contributed by atoms with van der Waals surface area (Å²) in [7, 11) is 3.68. The van der Waals surface area contributed by atoms with Gasteiger partial charge in [-0.25, -0.2) is 0 Å². The Bertz CT molecular complexity index is 15.9. The minimum absolute atomic E-state index is 0.133. The van der Waals surface area contributed by atoms with Crippen LogP contribution in [0.15, 0.2) is 0 Å². The first kappa shape index (κ1) is 7.37. The van der Waals surface area contributed by atoms with E-state index in [0.29, 0.717) is 25.7 Å². The molecule has 0 aliphatic heterocycles. The Morgan fingerprint density at radius 3 is 2.17 bits per heavy atom. The lowest BCUT2D eigenvalue weighted by molar-refractivity contribution is 3.96. The van der Waals surface area contributed by atoms with Crippen molar-refractivity contribution in [3.05, 3.63) is 0 Å². The maximum absolute atomic E-state index is 5.65. The van der Waals surface area contributed by atoms with Gasteiger partial charge in [-0.2, -0.15) is 11.1 Å². The smallest absolute Gasteiger partial charge is 0.106 e. The molecule has 0 nitrogen and oxygen atoms in total. The number of rotatable bonds is 3. The summed E-state index contributed by atoms with van der Waals surface area (Å²) in [4.78, 5) is 0. The molecule has 0 atom stereocenters. The molecule has 6 heteroatoms. The van der Waals surface area contributed by atoms with E-state index in [0.717, 1.165) is 0 Å². The predicted molar refractivity (Wildman–Crippen MR) is 50.0 cm³/mol. The summed E-state index contributed by atoms with van der Waals surface area (Å²) in [5.41, 5.74) is 0. The average Bonchev–Trinajstić information content (AvgIpc) is 1.61. The van der Waals surface area contributed by atoms with Crippen LogP contribution in [0.1, 0.15) is 0 Å². The molecule has 0 aliphatic carbocycles.